The highest BCUT2D eigenvalue weighted by Crippen LogP contribution is 2.11. The zero-order valence-corrected chi connectivity index (χ0v) is 5.11. The van der Waals surface area contributed by atoms with Crippen LogP contribution in [0.2, 0.25) is 0 Å². The summed E-state index contributed by atoms with van der Waals surface area (Å²) in [7, 11) is 0. The van der Waals surface area contributed by atoms with E-state index in [1.54, 1.807) is 12.1 Å². The molecule has 0 fully saturated rings. The quantitative estimate of drug-likeness (QED) is 0.413. The van der Waals surface area contributed by atoms with Crippen molar-refractivity contribution in [1.82, 2.24) is 0 Å². The van der Waals surface area contributed by atoms with E-state index in [2.05, 4.69) is 0 Å². The van der Waals surface area contributed by atoms with Crippen LogP contribution >= 0.6 is 11.8 Å². The Morgan fingerprint density at radius 2 is 2.12 bits per heavy atom. The topological polar surface area (TPSA) is 0 Å². The van der Waals surface area contributed by atoms with Crippen molar-refractivity contribution in [2.45, 2.75) is 4.90 Å². The Morgan fingerprint density at radius 1 is 1.38 bits per heavy atom. The minimum Gasteiger partial charge on any atom is -0.130 e. The first-order chi connectivity index (χ1) is 5.08. The van der Waals surface area contributed by atoms with Gasteiger partial charge in [-0.1, -0.05) is 18.2 Å². The third-order valence-electron chi connectivity index (χ3n) is 0.861. The van der Waals surface area contributed by atoms with Crippen molar-refractivity contribution in [3.8, 4) is 0 Å². The molecule has 0 aliphatic rings. The van der Waals surface area contributed by atoms with Crippen molar-refractivity contribution >= 4 is 11.8 Å². The van der Waals surface area contributed by atoms with Crippen molar-refractivity contribution in [1.29, 1.82) is 0 Å². The molecule has 0 saturated heterocycles. The average molecular weight is 128 g/mol. The maximum Gasteiger partial charge on any atom is 0.0348 e. The maximum atomic E-state index is 6.97. The molecule has 1 heteroatoms. The highest BCUT2D eigenvalue weighted by Gasteiger charge is 1.80. The predicted octanol–water partition coefficient (Wildman–Crippen LogP) is 2.41. The molecule has 0 N–H and O–H groups in total. The molecule has 0 heterocycles. The largest absolute Gasteiger partial charge is 0.130 e. The second kappa shape index (κ2) is 2.78. The lowest BCUT2D eigenvalue weighted by Gasteiger charge is -1.89. The van der Waals surface area contributed by atoms with E-state index < -0.39 is 6.18 Å². The zero-order chi connectivity index (χ0) is 8.32. The summed E-state index contributed by atoms with van der Waals surface area (Å²) < 4.78 is 20.9. The van der Waals surface area contributed by atoms with E-state index in [4.69, 9.17) is 4.11 Å². The zero-order valence-electron chi connectivity index (χ0n) is 7.29. The van der Waals surface area contributed by atoms with Crippen molar-refractivity contribution in [2.24, 2.45) is 0 Å². The third-order valence-corrected chi connectivity index (χ3v) is 1.37. The van der Waals surface area contributed by atoms with Gasteiger partial charge in [0.2, 0.25) is 0 Å². The fourth-order valence-corrected chi connectivity index (χ4v) is 0.782. The molecule has 42 valence electrons. The molecule has 1 aromatic rings. The Kier molecular flexibility index (Phi) is 1.01. The lowest BCUT2D eigenvalue weighted by Crippen LogP contribution is -1.62. The van der Waals surface area contributed by atoms with Gasteiger partial charge in [-0.2, -0.15) is 0 Å². The molecule has 1 rings (SSSR count). The molecule has 0 aromatic heterocycles. The van der Waals surface area contributed by atoms with E-state index >= 15 is 0 Å². The van der Waals surface area contributed by atoms with Gasteiger partial charge >= 0.3 is 0 Å². The number of rotatable bonds is 1. The first kappa shape index (κ1) is 2.92. The lowest BCUT2D eigenvalue weighted by atomic mass is 10.4. The highest BCUT2D eigenvalue weighted by atomic mass is 32.2. The minimum absolute atomic E-state index is 0.785. The van der Waals surface area contributed by atoms with Crippen LogP contribution in [-0.2, 0) is 0 Å². The molecule has 0 unspecified atom stereocenters. The summed E-state index contributed by atoms with van der Waals surface area (Å²) in [4.78, 5) is 0.785. The first-order valence-corrected chi connectivity index (χ1v) is 3.14. The van der Waals surface area contributed by atoms with Crippen LogP contribution in [0, 0.1) is 0 Å². The van der Waals surface area contributed by atoms with Crippen molar-refractivity contribution in [3.05, 3.63) is 30.3 Å². The highest BCUT2D eigenvalue weighted by molar-refractivity contribution is 7.98. The van der Waals surface area contributed by atoms with E-state index in [9.17, 15) is 0 Å². The number of hydrogen-bond donors (Lipinski definition) is 0. The van der Waals surface area contributed by atoms with Gasteiger partial charge in [-0.25, -0.2) is 0 Å². The predicted molar refractivity (Wildman–Crippen MR) is 38.2 cm³/mol. The van der Waals surface area contributed by atoms with Crippen LogP contribution in [0.15, 0.2) is 35.2 Å². The molecule has 0 spiro atoms. The van der Waals surface area contributed by atoms with Crippen molar-refractivity contribution < 1.29 is 4.11 Å². The van der Waals surface area contributed by atoms with Crippen LogP contribution < -0.4 is 0 Å². The van der Waals surface area contributed by atoms with Gasteiger partial charge in [0.05, 0.1) is 0 Å². The smallest absolute Gasteiger partial charge is 0.0348 e. The monoisotopic (exact) mass is 128 g/mol. The van der Waals surface area contributed by atoms with E-state index in [0.717, 1.165) is 16.7 Å². The molecule has 0 aliphatic heterocycles. The summed E-state index contributed by atoms with van der Waals surface area (Å²) in [5, 5.41) is 0. The standard InChI is InChI=1S/C7H8S/c1-8-7-5-3-2-4-6-7/h2-6H,1H3/i1+1D3. The van der Waals surface area contributed by atoms with Crippen LogP contribution in [0.1, 0.15) is 4.11 Å². The molecule has 0 radical (unpaired) electrons. The molecule has 0 atom stereocenters. The van der Waals surface area contributed by atoms with Crippen molar-refractivity contribution in [3.63, 3.8) is 0 Å². The van der Waals surface area contributed by atoms with E-state index in [1.807, 2.05) is 18.2 Å². The summed E-state index contributed by atoms with van der Waals surface area (Å²) in [6.45, 7) is 0. The fraction of sp³-hybridized carbons (Fsp3) is 0.143. The molecule has 0 aliphatic carbocycles. The van der Waals surface area contributed by atoms with Gasteiger partial charge in [0.1, 0.15) is 0 Å². The fourth-order valence-electron chi connectivity index (χ4n) is 0.489. The lowest BCUT2D eigenvalue weighted by molar-refractivity contribution is 1.47. The second-order valence-corrected chi connectivity index (χ2v) is 2.09. The van der Waals surface area contributed by atoms with Crippen LogP contribution in [0.25, 0.3) is 0 Å². The van der Waals surface area contributed by atoms with Gasteiger partial charge < -0.3 is 0 Å². The molecular formula is C7H8S. The van der Waals surface area contributed by atoms with Gasteiger partial charge in [-0.05, 0) is 18.3 Å². The van der Waals surface area contributed by atoms with Gasteiger partial charge in [0.25, 0.3) is 0 Å². The molecule has 8 heavy (non-hydrogen) atoms. The Hall–Kier alpha value is -0.430. The van der Waals surface area contributed by atoms with Crippen LogP contribution in [0.5, 0.6) is 0 Å². The maximum absolute atomic E-state index is 6.97. The normalized spacial score (nSPS) is 16.2. The molecule has 0 amide bonds. The molecule has 0 bridgehead atoms. The minimum atomic E-state index is -1.93. The van der Waals surface area contributed by atoms with Gasteiger partial charge in [-0.3, -0.25) is 0 Å². The van der Waals surface area contributed by atoms with Crippen LogP contribution in [0.3, 0.4) is 0 Å². The second-order valence-electron chi connectivity index (χ2n) is 1.42. The first-order valence-electron chi connectivity index (χ1n) is 3.82. The molecular weight excluding hydrogens is 117 g/mol. The Labute approximate surface area is 58.1 Å². The summed E-state index contributed by atoms with van der Waals surface area (Å²) >= 11 is 0.901. The Balaban J connectivity index is 2.66. The van der Waals surface area contributed by atoms with Crippen LogP contribution in [-0.4, -0.2) is 6.18 Å². The summed E-state index contributed by atoms with van der Waals surface area (Å²) in [6.07, 6.45) is -1.93. The Bertz CT molecular complexity index is 217. The van der Waals surface area contributed by atoms with Gasteiger partial charge in [0, 0.05) is 9.01 Å². The Morgan fingerprint density at radius 3 is 2.75 bits per heavy atom. The summed E-state index contributed by atoms with van der Waals surface area (Å²) in [5.74, 6) is 0. The van der Waals surface area contributed by atoms with E-state index in [0.29, 0.717) is 0 Å². The van der Waals surface area contributed by atoms with Crippen LogP contribution in [0.4, 0.5) is 0 Å². The molecule has 1 aromatic carbocycles. The number of hydrogen-bond acceptors (Lipinski definition) is 1. The molecule has 0 saturated carbocycles. The number of benzene rings is 1. The van der Waals surface area contributed by atoms with E-state index in [1.165, 1.54) is 0 Å². The summed E-state index contributed by atoms with van der Waals surface area (Å²) in [6, 6.07) is 9.10. The average Bonchev–Trinajstić information content (AvgIpc) is 1.85. The molecule has 0 nitrogen and oxygen atoms in total. The van der Waals surface area contributed by atoms with Gasteiger partial charge in [-0.15, -0.1) is 11.8 Å². The summed E-state index contributed by atoms with van der Waals surface area (Å²) in [5.41, 5.74) is 0. The van der Waals surface area contributed by atoms with Gasteiger partial charge in [0.15, 0.2) is 0 Å². The third kappa shape index (κ3) is 1.27. The van der Waals surface area contributed by atoms with E-state index in [-0.39, 0.29) is 0 Å². The SMILES string of the molecule is [2H][13C]([2H])([2H])Sc1ccccc1. The van der Waals surface area contributed by atoms with Crippen molar-refractivity contribution in [2.75, 3.05) is 6.18 Å². The number of thioether (sulfide) groups is 1.